The molecule has 90 valence electrons. The highest BCUT2D eigenvalue weighted by atomic mass is 32.1. The summed E-state index contributed by atoms with van der Waals surface area (Å²) in [5.74, 6) is 0. The van der Waals surface area contributed by atoms with E-state index >= 15 is 0 Å². The molecule has 1 aromatic heterocycles. The standard InChI is InChI=1S/C13H14FNOS/c14-11-6-16-7-12(11)15-5-9-8-17-13-4-2-1-3-10(9)13/h1-4,8,11-12,15H,5-7H2. The summed E-state index contributed by atoms with van der Waals surface area (Å²) in [5.41, 5.74) is 1.24. The minimum Gasteiger partial charge on any atom is -0.377 e. The highest BCUT2D eigenvalue weighted by molar-refractivity contribution is 7.17. The third-order valence-electron chi connectivity index (χ3n) is 3.13. The van der Waals surface area contributed by atoms with Crippen molar-refractivity contribution in [1.29, 1.82) is 0 Å². The van der Waals surface area contributed by atoms with Gasteiger partial charge in [0.05, 0.1) is 19.3 Å². The van der Waals surface area contributed by atoms with Crippen molar-refractivity contribution in [2.45, 2.75) is 18.8 Å². The first-order valence-corrected chi connectivity index (χ1v) is 6.63. The van der Waals surface area contributed by atoms with E-state index in [1.165, 1.54) is 15.6 Å². The Hall–Kier alpha value is -0.970. The fourth-order valence-electron chi connectivity index (χ4n) is 2.13. The van der Waals surface area contributed by atoms with Gasteiger partial charge in [0.1, 0.15) is 6.17 Å². The lowest BCUT2D eigenvalue weighted by atomic mass is 10.1. The molecular weight excluding hydrogens is 237 g/mol. The van der Waals surface area contributed by atoms with Crippen LogP contribution in [-0.2, 0) is 11.3 Å². The van der Waals surface area contributed by atoms with E-state index in [0.717, 1.165) is 0 Å². The van der Waals surface area contributed by atoms with Crippen molar-refractivity contribution in [3.05, 3.63) is 35.2 Å². The SMILES string of the molecule is FC1COCC1NCc1csc2ccccc12. The Morgan fingerprint density at radius 1 is 1.35 bits per heavy atom. The third-order valence-corrected chi connectivity index (χ3v) is 4.14. The molecule has 1 saturated heterocycles. The van der Waals surface area contributed by atoms with Crippen molar-refractivity contribution >= 4 is 21.4 Å². The van der Waals surface area contributed by atoms with Crippen LogP contribution in [0, 0.1) is 0 Å². The average molecular weight is 251 g/mol. The number of hydrogen-bond acceptors (Lipinski definition) is 3. The third kappa shape index (κ3) is 2.20. The molecule has 0 spiro atoms. The molecule has 2 atom stereocenters. The van der Waals surface area contributed by atoms with Gasteiger partial charge >= 0.3 is 0 Å². The number of halogens is 1. The first-order valence-electron chi connectivity index (χ1n) is 5.75. The van der Waals surface area contributed by atoms with Crippen LogP contribution >= 0.6 is 11.3 Å². The Labute approximate surface area is 103 Å². The minimum atomic E-state index is -0.875. The van der Waals surface area contributed by atoms with Crippen molar-refractivity contribution in [1.82, 2.24) is 5.32 Å². The van der Waals surface area contributed by atoms with Gasteiger partial charge in [-0.25, -0.2) is 4.39 Å². The van der Waals surface area contributed by atoms with Crippen LogP contribution in [0.1, 0.15) is 5.56 Å². The van der Waals surface area contributed by atoms with E-state index in [1.807, 2.05) is 12.1 Å². The molecule has 1 aliphatic rings. The molecule has 0 saturated carbocycles. The molecule has 0 radical (unpaired) electrons. The second-order valence-electron chi connectivity index (χ2n) is 4.30. The molecule has 2 nitrogen and oxygen atoms in total. The molecule has 1 fully saturated rings. The molecule has 0 bridgehead atoms. The number of benzene rings is 1. The molecule has 4 heteroatoms. The van der Waals surface area contributed by atoms with Crippen molar-refractivity contribution in [2.24, 2.45) is 0 Å². The number of nitrogens with one attached hydrogen (secondary N) is 1. The quantitative estimate of drug-likeness (QED) is 0.905. The molecule has 1 N–H and O–H groups in total. The maximum absolute atomic E-state index is 13.3. The lowest BCUT2D eigenvalue weighted by Crippen LogP contribution is -2.36. The van der Waals surface area contributed by atoms with Gasteiger partial charge in [0, 0.05) is 11.2 Å². The Balaban J connectivity index is 1.72. The average Bonchev–Trinajstić information content (AvgIpc) is 2.93. The summed E-state index contributed by atoms with van der Waals surface area (Å²) >= 11 is 1.73. The van der Waals surface area contributed by atoms with Crippen LogP contribution in [0.3, 0.4) is 0 Å². The maximum atomic E-state index is 13.3. The van der Waals surface area contributed by atoms with Gasteiger partial charge in [0.2, 0.25) is 0 Å². The van der Waals surface area contributed by atoms with E-state index in [9.17, 15) is 4.39 Å². The lowest BCUT2D eigenvalue weighted by Gasteiger charge is -2.12. The summed E-state index contributed by atoms with van der Waals surface area (Å²) in [6, 6.07) is 8.14. The van der Waals surface area contributed by atoms with Crippen molar-refractivity contribution in [3.63, 3.8) is 0 Å². The van der Waals surface area contributed by atoms with Crippen LogP contribution in [0.2, 0.25) is 0 Å². The van der Waals surface area contributed by atoms with Gasteiger partial charge in [0.25, 0.3) is 0 Å². The first-order chi connectivity index (χ1) is 8.34. The van der Waals surface area contributed by atoms with Crippen LogP contribution in [-0.4, -0.2) is 25.4 Å². The number of thiophene rings is 1. The summed E-state index contributed by atoms with van der Waals surface area (Å²) in [5, 5.41) is 6.64. The Morgan fingerprint density at radius 3 is 3.06 bits per heavy atom. The number of hydrogen-bond donors (Lipinski definition) is 1. The largest absolute Gasteiger partial charge is 0.377 e. The first kappa shape index (κ1) is 11.1. The molecule has 1 aromatic carbocycles. The predicted octanol–water partition coefficient (Wildman–Crippen LogP) is 2.73. The fourth-order valence-corrected chi connectivity index (χ4v) is 3.09. The van der Waals surface area contributed by atoms with Gasteiger partial charge in [-0.1, -0.05) is 18.2 Å². The molecule has 17 heavy (non-hydrogen) atoms. The molecule has 2 aromatic rings. The van der Waals surface area contributed by atoms with Crippen LogP contribution in [0.15, 0.2) is 29.6 Å². The summed E-state index contributed by atoms with van der Waals surface area (Å²) in [6.07, 6.45) is -0.875. The number of rotatable bonds is 3. The Bertz CT molecular complexity index is 513. The molecular formula is C13H14FNOS. The van der Waals surface area contributed by atoms with E-state index < -0.39 is 6.17 Å². The number of alkyl halides is 1. The van der Waals surface area contributed by atoms with Crippen molar-refractivity contribution in [2.75, 3.05) is 13.2 Å². The van der Waals surface area contributed by atoms with E-state index in [2.05, 4.69) is 22.8 Å². The molecule has 0 amide bonds. The molecule has 3 rings (SSSR count). The van der Waals surface area contributed by atoms with Gasteiger partial charge in [0.15, 0.2) is 0 Å². The predicted molar refractivity (Wildman–Crippen MR) is 68.2 cm³/mol. The van der Waals surface area contributed by atoms with E-state index in [1.54, 1.807) is 11.3 Å². The Morgan fingerprint density at radius 2 is 2.24 bits per heavy atom. The minimum absolute atomic E-state index is 0.159. The monoisotopic (exact) mass is 251 g/mol. The van der Waals surface area contributed by atoms with Gasteiger partial charge in [-0.3, -0.25) is 0 Å². The summed E-state index contributed by atoms with van der Waals surface area (Å²) in [6.45, 7) is 1.41. The van der Waals surface area contributed by atoms with Crippen LogP contribution in [0.5, 0.6) is 0 Å². The van der Waals surface area contributed by atoms with Crippen LogP contribution in [0.25, 0.3) is 10.1 Å². The van der Waals surface area contributed by atoms with Crippen LogP contribution in [0.4, 0.5) is 4.39 Å². The zero-order valence-corrected chi connectivity index (χ0v) is 10.2. The molecule has 1 aliphatic heterocycles. The highest BCUT2D eigenvalue weighted by Gasteiger charge is 2.27. The summed E-state index contributed by atoms with van der Waals surface area (Å²) in [7, 11) is 0. The zero-order chi connectivity index (χ0) is 11.7. The van der Waals surface area contributed by atoms with E-state index in [0.29, 0.717) is 13.2 Å². The van der Waals surface area contributed by atoms with Gasteiger partial charge < -0.3 is 10.1 Å². The van der Waals surface area contributed by atoms with E-state index in [-0.39, 0.29) is 12.6 Å². The van der Waals surface area contributed by atoms with Gasteiger partial charge in [-0.2, -0.15) is 0 Å². The maximum Gasteiger partial charge on any atom is 0.141 e. The van der Waals surface area contributed by atoms with Crippen molar-refractivity contribution < 1.29 is 9.13 Å². The van der Waals surface area contributed by atoms with Gasteiger partial charge in [-0.05, 0) is 22.4 Å². The molecule has 2 heterocycles. The Kier molecular flexibility index (Phi) is 3.09. The zero-order valence-electron chi connectivity index (χ0n) is 9.36. The lowest BCUT2D eigenvalue weighted by molar-refractivity contribution is 0.172. The second-order valence-corrected chi connectivity index (χ2v) is 5.21. The number of ether oxygens (including phenoxy) is 1. The normalized spacial score (nSPS) is 24.5. The summed E-state index contributed by atoms with van der Waals surface area (Å²) < 4.78 is 19.7. The molecule has 2 unspecified atom stereocenters. The highest BCUT2D eigenvalue weighted by Crippen LogP contribution is 2.25. The van der Waals surface area contributed by atoms with Crippen molar-refractivity contribution in [3.8, 4) is 0 Å². The molecule has 0 aliphatic carbocycles. The fraction of sp³-hybridized carbons (Fsp3) is 0.385. The second kappa shape index (κ2) is 4.72. The summed E-state index contributed by atoms with van der Waals surface area (Å²) in [4.78, 5) is 0. The van der Waals surface area contributed by atoms with E-state index in [4.69, 9.17) is 4.74 Å². The van der Waals surface area contributed by atoms with Gasteiger partial charge in [-0.15, -0.1) is 11.3 Å². The van der Waals surface area contributed by atoms with Crippen LogP contribution < -0.4 is 5.32 Å². The topological polar surface area (TPSA) is 21.3 Å². The number of fused-ring (bicyclic) bond motifs is 1. The smallest absolute Gasteiger partial charge is 0.141 e.